The van der Waals surface area contributed by atoms with Gasteiger partial charge in [-0.1, -0.05) is 0 Å². The predicted octanol–water partition coefficient (Wildman–Crippen LogP) is 1.66. The zero-order chi connectivity index (χ0) is 14.8. The monoisotopic (exact) mass is 295 g/mol. The number of hydrogen-bond acceptors (Lipinski definition) is 4. The Kier molecular flexibility index (Phi) is 4.32. The summed E-state index contributed by atoms with van der Waals surface area (Å²) in [6.07, 6.45) is 1.86. The smallest absolute Gasteiger partial charge is 0.266 e. The first-order valence-electron chi connectivity index (χ1n) is 6.73. The van der Waals surface area contributed by atoms with E-state index in [4.69, 9.17) is 0 Å². The third kappa shape index (κ3) is 2.65. The lowest BCUT2D eigenvalue weighted by Crippen LogP contribution is -2.32. The maximum absolute atomic E-state index is 12.3. The van der Waals surface area contributed by atoms with Gasteiger partial charge in [0.2, 0.25) is 5.91 Å². The van der Waals surface area contributed by atoms with E-state index in [1.165, 1.54) is 0 Å². The molecule has 1 aliphatic rings. The molecule has 1 aromatic carbocycles. The molecule has 1 aliphatic heterocycles. The Morgan fingerprint density at radius 1 is 1.15 bits per heavy atom. The van der Waals surface area contributed by atoms with Gasteiger partial charge in [-0.3, -0.25) is 4.79 Å². The molecule has 1 radical (unpaired) electrons. The molecule has 5 nitrogen and oxygen atoms in total. The van der Waals surface area contributed by atoms with E-state index in [2.05, 4.69) is 4.90 Å². The molecule has 20 heavy (non-hydrogen) atoms. The number of sulfonamides is 1. The van der Waals surface area contributed by atoms with E-state index in [1.807, 2.05) is 13.8 Å². The summed E-state index contributed by atoms with van der Waals surface area (Å²) in [5, 5.41) is 0. The first-order valence-corrected chi connectivity index (χ1v) is 8.17. The highest BCUT2D eigenvalue weighted by Crippen LogP contribution is 2.23. The lowest BCUT2D eigenvalue weighted by Gasteiger charge is -2.22. The molecular formula is C14H19N2O3S. The number of nitrogens with zero attached hydrogens (tertiary/aromatic N) is 2. The van der Waals surface area contributed by atoms with E-state index in [9.17, 15) is 13.2 Å². The van der Waals surface area contributed by atoms with Gasteiger partial charge >= 0.3 is 0 Å². The number of carbonyl (C=O) groups is 1. The van der Waals surface area contributed by atoms with Crippen LogP contribution in [-0.4, -0.2) is 38.3 Å². The van der Waals surface area contributed by atoms with Crippen molar-refractivity contribution >= 4 is 21.6 Å². The number of amides is 1. The van der Waals surface area contributed by atoms with Crippen LogP contribution in [-0.2, 0) is 14.8 Å². The Morgan fingerprint density at radius 3 is 2.20 bits per heavy atom. The van der Waals surface area contributed by atoms with E-state index in [-0.39, 0.29) is 23.8 Å². The van der Waals surface area contributed by atoms with Crippen molar-refractivity contribution < 1.29 is 13.2 Å². The van der Waals surface area contributed by atoms with E-state index >= 15 is 0 Å². The Balaban J connectivity index is 2.27. The van der Waals surface area contributed by atoms with Gasteiger partial charge in [0, 0.05) is 31.7 Å². The molecule has 0 aromatic heterocycles. The Hall–Kier alpha value is -1.56. The lowest BCUT2D eigenvalue weighted by atomic mass is 10.3. The number of rotatable bonds is 5. The van der Waals surface area contributed by atoms with Gasteiger partial charge in [-0.15, -0.1) is 0 Å². The SMILES string of the molecule is CCN(CC)c1ccc(S(=O)(=O)N2C[CH]CC2=O)cc1. The van der Waals surface area contributed by atoms with E-state index in [1.54, 1.807) is 30.7 Å². The number of carbonyl (C=O) groups excluding carboxylic acids is 1. The topological polar surface area (TPSA) is 57.7 Å². The van der Waals surface area contributed by atoms with Gasteiger partial charge in [0.25, 0.3) is 10.0 Å². The molecular weight excluding hydrogens is 276 g/mol. The summed E-state index contributed by atoms with van der Waals surface area (Å²) in [6.45, 7) is 5.99. The average molecular weight is 295 g/mol. The molecule has 1 aromatic rings. The molecule has 0 aliphatic carbocycles. The van der Waals surface area contributed by atoms with Crippen molar-refractivity contribution in [2.45, 2.75) is 25.2 Å². The number of anilines is 1. The molecule has 2 rings (SSSR count). The van der Waals surface area contributed by atoms with Crippen molar-refractivity contribution in [3.05, 3.63) is 30.7 Å². The zero-order valence-corrected chi connectivity index (χ0v) is 12.6. The second-order valence-corrected chi connectivity index (χ2v) is 6.45. The molecule has 1 saturated heterocycles. The molecule has 0 bridgehead atoms. The van der Waals surface area contributed by atoms with Gasteiger partial charge in [-0.05, 0) is 44.5 Å². The summed E-state index contributed by atoms with van der Waals surface area (Å²) in [6, 6.07) is 6.69. The minimum Gasteiger partial charge on any atom is -0.372 e. The highest BCUT2D eigenvalue weighted by molar-refractivity contribution is 7.89. The van der Waals surface area contributed by atoms with Gasteiger partial charge in [0.1, 0.15) is 0 Å². The molecule has 0 unspecified atom stereocenters. The van der Waals surface area contributed by atoms with Crippen LogP contribution in [0.5, 0.6) is 0 Å². The van der Waals surface area contributed by atoms with Crippen LogP contribution in [0, 0.1) is 6.42 Å². The van der Waals surface area contributed by atoms with Gasteiger partial charge < -0.3 is 4.90 Å². The summed E-state index contributed by atoms with van der Waals surface area (Å²) in [7, 11) is -3.71. The molecule has 1 amide bonds. The number of hydrogen-bond donors (Lipinski definition) is 0. The first-order chi connectivity index (χ1) is 9.50. The van der Waals surface area contributed by atoms with E-state index in [0.29, 0.717) is 0 Å². The van der Waals surface area contributed by atoms with Crippen molar-refractivity contribution in [3.63, 3.8) is 0 Å². The molecule has 109 valence electrons. The highest BCUT2D eigenvalue weighted by atomic mass is 32.2. The summed E-state index contributed by atoms with van der Waals surface area (Å²) in [4.78, 5) is 13.9. The van der Waals surface area contributed by atoms with Gasteiger partial charge in [0.05, 0.1) is 4.90 Å². The highest BCUT2D eigenvalue weighted by Gasteiger charge is 2.32. The standard InChI is InChI=1S/C14H19N2O3S/c1-3-15(4-2)12-7-9-13(10-8-12)20(18,19)16-11-5-6-14(16)17/h5,7-10H,3-4,6,11H2,1-2H3. The Bertz CT molecular complexity index is 577. The summed E-state index contributed by atoms with van der Waals surface area (Å²) in [5.74, 6) is -0.363. The molecule has 0 atom stereocenters. The zero-order valence-electron chi connectivity index (χ0n) is 11.7. The normalized spacial score (nSPS) is 15.7. The predicted molar refractivity (Wildman–Crippen MR) is 77.8 cm³/mol. The van der Waals surface area contributed by atoms with Crippen LogP contribution in [0.25, 0.3) is 0 Å². The molecule has 6 heteroatoms. The Morgan fingerprint density at radius 2 is 1.75 bits per heavy atom. The largest absolute Gasteiger partial charge is 0.372 e. The van der Waals surface area contributed by atoms with Crippen molar-refractivity contribution in [2.24, 2.45) is 0 Å². The van der Waals surface area contributed by atoms with Crippen molar-refractivity contribution in [1.82, 2.24) is 4.31 Å². The lowest BCUT2D eigenvalue weighted by molar-refractivity contribution is -0.123. The van der Waals surface area contributed by atoms with Crippen LogP contribution < -0.4 is 4.90 Å². The maximum atomic E-state index is 12.3. The maximum Gasteiger partial charge on any atom is 0.266 e. The quantitative estimate of drug-likeness (QED) is 0.829. The third-order valence-corrected chi connectivity index (χ3v) is 5.25. The second-order valence-electron chi connectivity index (χ2n) is 4.59. The van der Waals surface area contributed by atoms with Crippen LogP contribution in [0.15, 0.2) is 29.2 Å². The van der Waals surface area contributed by atoms with Crippen LogP contribution in [0.3, 0.4) is 0 Å². The van der Waals surface area contributed by atoms with Gasteiger partial charge in [-0.2, -0.15) is 0 Å². The minimum absolute atomic E-state index is 0.164. The first kappa shape index (κ1) is 14.8. The third-order valence-electron chi connectivity index (χ3n) is 3.45. The fraction of sp³-hybridized carbons (Fsp3) is 0.429. The second kappa shape index (κ2) is 5.83. The fourth-order valence-electron chi connectivity index (χ4n) is 2.29. The van der Waals surface area contributed by atoms with Crippen molar-refractivity contribution in [3.8, 4) is 0 Å². The summed E-state index contributed by atoms with van der Waals surface area (Å²) >= 11 is 0. The van der Waals surface area contributed by atoms with E-state index in [0.717, 1.165) is 23.1 Å². The fourth-order valence-corrected chi connectivity index (χ4v) is 3.66. The molecule has 0 saturated carbocycles. The minimum atomic E-state index is -3.71. The van der Waals surface area contributed by atoms with Gasteiger partial charge in [-0.25, -0.2) is 12.7 Å². The van der Waals surface area contributed by atoms with Gasteiger partial charge in [0.15, 0.2) is 0 Å². The van der Waals surface area contributed by atoms with Crippen LogP contribution in [0.1, 0.15) is 20.3 Å². The summed E-state index contributed by atoms with van der Waals surface area (Å²) in [5.41, 5.74) is 0.980. The molecule has 0 spiro atoms. The Labute approximate surface area is 120 Å². The van der Waals surface area contributed by atoms with E-state index < -0.39 is 10.0 Å². The molecule has 1 heterocycles. The average Bonchev–Trinajstić information content (AvgIpc) is 2.88. The number of benzene rings is 1. The van der Waals surface area contributed by atoms with Crippen LogP contribution >= 0.6 is 0 Å². The molecule has 1 fully saturated rings. The molecule has 0 N–H and O–H groups in total. The van der Waals surface area contributed by atoms with Crippen LogP contribution in [0.2, 0.25) is 0 Å². The summed E-state index contributed by atoms with van der Waals surface area (Å²) < 4.78 is 25.6. The van der Waals surface area contributed by atoms with Crippen LogP contribution in [0.4, 0.5) is 5.69 Å². The van der Waals surface area contributed by atoms with Crippen molar-refractivity contribution in [2.75, 3.05) is 24.5 Å². The van der Waals surface area contributed by atoms with Crippen molar-refractivity contribution in [1.29, 1.82) is 0 Å².